The number of hydrogen-bond acceptors (Lipinski definition) is 4. The number of phenols is 2. The summed E-state index contributed by atoms with van der Waals surface area (Å²) in [5.41, 5.74) is 7.65. The lowest BCUT2D eigenvalue weighted by Crippen LogP contribution is -2.24. The number of nitrogens with zero attached hydrogens (tertiary/aromatic N) is 1. The number of rotatable bonds is 9. The molecule has 0 saturated carbocycles. The van der Waals surface area contributed by atoms with Crippen LogP contribution in [0, 0.1) is 6.92 Å². The number of anilines is 3. The van der Waals surface area contributed by atoms with Gasteiger partial charge in [-0.3, -0.25) is 0 Å². The molecule has 0 aliphatic rings. The quantitative estimate of drug-likeness (QED) is 0.200. The number of methoxy groups -OCH3 is 1. The van der Waals surface area contributed by atoms with Gasteiger partial charge in [-0.1, -0.05) is 61.0 Å². The smallest absolute Gasteiger partial charge is 0.119 e. The fraction of sp³-hybridized carbons (Fsp3) is 0.167. The monoisotopic (exact) mass is 529 g/mol. The van der Waals surface area contributed by atoms with Gasteiger partial charge >= 0.3 is 0 Å². The van der Waals surface area contributed by atoms with Crippen molar-refractivity contribution in [2.45, 2.75) is 32.1 Å². The highest BCUT2D eigenvalue weighted by atomic mass is 16.5. The number of phenolic OH excluding ortho intramolecular Hbond substituents is 2. The maximum Gasteiger partial charge on any atom is 0.119 e. The fourth-order valence-electron chi connectivity index (χ4n) is 5.19. The van der Waals surface area contributed by atoms with E-state index in [1.54, 1.807) is 31.4 Å². The predicted octanol–water partition coefficient (Wildman–Crippen LogP) is 8.82. The van der Waals surface area contributed by atoms with Crippen LogP contribution in [0.15, 0.2) is 121 Å². The number of aromatic hydroxyl groups is 2. The van der Waals surface area contributed by atoms with Crippen LogP contribution in [-0.4, -0.2) is 17.3 Å². The standard InChI is InChI=1S/C36H35NO3/c1-26-4-12-30(13-5-26)37(32-16-22-35(40-3)23-17-32)31-14-6-27(7-15-31)24-25-36(2,28-8-18-33(38)19-9-28)29-10-20-34(39)21-11-29/h4-23,38-39H,24-25H2,1-3H3. The second-order valence-corrected chi connectivity index (χ2v) is 10.5. The third-order valence-corrected chi connectivity index (χ3v) is 7.74. The Kier molecular flexibility index (Phi) is 7.79. The van der Waals surface area contributed by atoms with Crippen LogP contribution < -0.4 is 9.64 Å². The van der Waals surface area contributed by atoms with E-state index in [4.69, 9.17) is 4.74 Å². The molecular weight excluding hydrogens is 494 g/mol. The molecule has 4 heteroatoms. The summed E-state index contributed by atoms with van der Waals surface area (Å²) < 4.78 is 5.38. The van der Waals surface area contributed by atoms with E-state index < -0.39 is 0 Å². The Morgan fingerprint density at radius 3 is 1.48 bits per heavy atom. The Hall–Kier alpha value is -4.70. The second-order valence-electron chi connectivity index (χ2n) is 10.5. The average molecular weight is 530 g/mol. The molecular formula is C36H35NO3. The first-order valence-corrected chi connectivity index (χ1v) is 13.5. The van der Waals surface area contributed by atoms with Crippen molar-refractivity contribution in [2.24, 2.45) is 0 Å². The summed E-state index contributed by atoms with van der Waals surface area (Å²) in [7, 11) is 1.68. The highest BCUT2D eigenvalue weighted by Crippen LogP contribution is 2.39. The molecule has 0 heterocycles. The molecule has 4 nitrogen and oxygen atoms in total. The van der Waals surface area contributed by atoms with Gasteiger partial charge in [0.15, 0.2) is 0 Å². The van der Waals surface area contributed by atoms with Crippen LogP contribution in [0.3, 0.4) is 0 Å². The topological polar surface area (TPSA) is 52.9 Å². The molecule has 5 aromatic carbocycles. The largest absolute Gasteiger partial charge is 0.508 e. The zero-order valence-electron chi connectivity index (χ0n) is 23.2. The molecule has 0 aliphatic carbocycles. The maximum absolute atomic E-state index is 9.87. The van der Waals surface area contributed by atoms with E-state index in [0.29, 0.717) is 0 Å². The average Bonchev–Trinajstić information content (AvgIpc) is 2.99. The zero-order valence-corrected chi connectivity index (χ0v) is 23.2. The first kappa shape index (κ1) is 26.9. The molecule has 0 saturated heterocycles. The molecule has 0 aromatic heterocycles. The molecule has 0 bridgehead atoms. The molecule has 5 aromatic rings. The van der Waals surface area contributed by atoms with Crippen molar-refractivity contribution < 1.29 is 14.9 Å². The van der Waals surface area contributed by atoms with Gasteiger partial charge in [0, 0.05) is 22.5 Å². The minimum absolute atomic E-state index is 0.252. The Balaban J connectivity index is 1.43. The summed E-state index contributed by atoms with van der Waals surface area (Å²) >= 11 is 0. The summed E-state index contributed by atoms with van der Waals surface area (Å²) in [6.45, 7) is 4.32. The number of ether oxygens (including phenoxy) is 1. The summed E-state index contributed by atoms with van der Waals surface area (Å²) in [6, 6.07) is 40.3. The Morgan fingerprint density at radius 1 is 0.600 bits per heavy atom. The van der Waals surface area contributed by atoms with Crippen molar-refractivity contribution in [1.29, 1.82) is 0 Å². The third-order valence-electron chi connectivity index (χ3n) is 7.74. The lowest BCUT2D eigenvalue weighted by atomic mass is 9.72. The summed E-state index contributed by atoms with van der Waals surface area (Å²) in [6.07, 6.45) is 1.73. The lowest BCUT2D eigenvalue weighted by molar-refractivity contribution is 0.415. The van der Waals surface area contributed by atoms with Gasteiger partial charge in [-0.2, -0.15) is 0 Å². The van der Waals surface area contributed by atoms with E-state index in [1.807, 2.05) is 36.4 Å². The van der Waals surface area contributed by atoms with Crippen LogP contribution >= 0.6 is 0 Å². The normalized spacial score (nSPS) is 11.3. The zero-order chi connectivity index (χ0) is 28.1. The van der Waals surface area contributed by atoms with E-state index in [0.717, 1.165) is 46.8 Å². The van der Waals surface area contributed by atoms with Crippen molar-refractivity contribution in [3.05, 3.63) is 144 Å². The fourth-order valence-corrected chi connectivity index (χ4v) is 5.19. The summed E-state index contributed by atoms with van der Waals surface area (Å²) in [5.74, 6) is 1.33. The molecule has 202 valence electrons. The minimum Gasteiger partial charge on any atom is -0.508 e. The van der Waals surface area contributed by atoms with Crippen LogP contribution in [0.1, 0.15) is 35.6 Å². The predicted molar refractivity (Wildman–Crippen MR) is 163 cm³/mol. The molecule has 0 amide bonds. The lowest BCUT2D eigenvalue weighted by Gasteiger charge is -2.31. The Bertz CT molecular complexity index is 1480. The number of aryl methyl sites for hydroxylation is 2. The van der Waals surface area contributed by atoms with Crippen LogP contribution in [0.4, 0.5) is 17.1 Å². The SMILES string of the molecule is COc1ccc(N(c2ccc(C)cc2)c2ccc(CCC(C)(c3ccc(O)cc3)c3ccc(O)cc3)cc2)cc1. The molecule has 40 heavy (non-hydrogen) atoms. The number of benzene rings is 5. The highest BCUT2D eigenvalue weighted by Gasteiger charge is 2.29. The molecule has 0 aliphatic heterocycles. The van der Waals surface area contributed by atoms with Crippen molar-refractivity contribution in [3.8, 4) is 17.2 Å². The summed E-state index contributed by atoms with van der Waals surface area (Å²) in [4.78, 5) is 2.25. The first-order chi connectivity index (χ1) is 19.4. The van der Waals surface area contributed by atoms with Gasteiger partial charge in [0.25, 0.3) is 0 Å². The molecule has 0 unspecified atom stereocenters. The van der Waals surface area contributed by atoms with Gasteiger partial charge in [-0.15, -0.1) is 0 Å². The van der Waals surface area contributed by atoms with E-state index in [9.17, 15) is 10.2 Å². The minimum atomic E-state index is -0.295. The molecule has 2 N–H and O–H groups in total. The van der Waals surface area contributed by atoms with Gasteiger partial charge in [0.05, 0.1) is 7.11 Å². The highest BCUT2D eigenvalue weighted by molar-refractivity contribution is 5.76. The molecule has 5 rings (SSSR count). The Labute approximate surface area is 236 Å². The van der Waals surface area contributed by atoms with Crippen molar-refractivity contribution >= 4 is 17.1 Å². The van der Waals surface area contributed by atoms with Crippen LogP contribution in [0.25, 0.3) is 0 Å². The van der Waals surface area contributed by atoms with Crippen molar-refractivity contribution in [3.63, 3.8) is 0 Å². The maximum atomic E-state index is 9.87. The Morgan fingerprint density at radius 2 is 1.02 bits per heavy atom. The van der Waals surface area contributed by atoms with E-state index in [1.165, 1.54) is 11.1 Å². The third kappa shape index (κ3) is 5.81. The second kappa shape index (κ2) is 11.6. The first-order valence-electron chi connectivity index (χ1n) is 13.5. The van der Waals surface area contributed by atoms with Crippen LogP contribution in [0.5, 0.6) is 17.2 Å². The van der Waals surface area contributed by atoms with Crippen molar-refractivity contribution in [1.82, 2.24) is 0 Å². The molecule has 0 atom stereocenters. The molecule has 0 radical (unpaired) electrons. The van der Waals surface area contributed by atoms with Crippen molar-refractivity contribution in [2.75, 3.05) is 12.0 Å². The van der Waals surface area contributed by atoms with Gasteiger partial charge in [-0.05, 0) is 109 Å². The van der Waals surface area contributed by atoms with E-state index in [2.05, 4.69) is 79.4 Å². The van der Waals surface area contributed by atoms with Gasteiger partial charge in [-0.25, -0.2) is 0 Å². The van der Waals surface area contributed by atoms with Crippen LogP contribution in [0.2, 0.25) is 0 Å². The van der Waals surface area contributed by atoms with E-state index >= 15 is 0 Å². The number of hydrogen-bond donors (Lipinski definition) is 2. The molecule has 0 fully saturated rings. The molecule has 0 spiro atoms. The van der Waals surface area contributed by atoms with Crippen LogP contribution in [-0.2, 0) is 11.8 Å². The van der Waals surface area contributed by atoms with E-state index in [-0.39, 0.29) is 16.9 Å². The van der Waals surface area contributed by atoms with Gasteiger partial charge < -0.3 is 19.8 Å². The summed E-state index contributed by atoms with van der Waals surface area (Å²) in [5, 5.41) is 19.7. The van der Waals surface area contributed by atoms with Gasteiger partial charge in [0.1, 0.15) is 17.2 Å². The van der Waals surface area contributed by atoms with Gasteiger partial charge in [0.2, 0.25) is 0 Å².